The number of fused-ring (bicyclic) bond motifs is 1. The summed E-state index contributed by atoms with van der Waals surface area (Å²) >= 11 is 0. The zero-order valence-corrected chi connectivity index (χ0v) is 7.36. The van der Waals surface area contributed by atoms with Crippen LogP contribution in [0.25, 0.3) is 0 Å². The summed E-state index contributed by atoms with van der Waals surface area (Å²) in [4.78, 5) is 12.8. The quantitative estimate of drug-likeness (QED) is 0.664. The Bertz CT molecular complexity index is 205. The van der Waals surface area contributed by atoms with E-state index >= 15 is 0 Å². The molecule has 1 aliphatic carbocycles. The fraction of sp³-hybridized carbons (Fsp3) is 0.889. The van der Waals surface area contributed by atoms with Crippen LogP contribution in [0.4, 0.5) is 0 Å². The maximum atomic E-state index is 10.5. The normalized spacial score (nSPS) is 40.6. The Hall–Kier alpha value is -0.570. The SMILES string of the molecule is CN1CCC[C@@H]2C(CC(=O)O)[C@@H]21. The summed E-state index contributed by atoms with van der Waals surface area (Å²) in [5, 5.41) is 8.64. The fourth-order valence-electron chi connectivity index (χ4n) is 2.66. The lowest BCUT2D eigenvalue weighted by atomic mass is 10.1. The van der Waals surface area contributed by atoms with Gasteiger partial charge in [-0.1, -0.05) is 0 Å². The van der Waals surface area contributed by atoms with Gasteiger partial charge in [-0.05, 0) is 38.3 Å². The van der Waals surface area contributed by atoms with E-state index in [1.807, 2.05) is 0 Å². The highest BCUT2D eigenvalue weighted by atomic mass is 16.4. The molecule has 12 heavy (non-hydrogen) atoms. The standard InChI is InChI=1S/C9H15NO2/c1-10-4-2-3-6-7(9(6)10)5-8(11)12/h6-7,9H,2-5H2,1H3,(H,11,12)/t6-,7?,9-/m1/s1. The number of rotatable bonds is 2. The largest absolute Gasteiger partial charge is 0.481 e. The number of carbonyl (C=O) groups is 1. The first-order chi connectivity index (χ1) is 5.70. The van der Waals surface area contributed by atoms with Crippen molar-refractivity contribution in [2.45, 2.75) is 25.3 Å². The Morgan fingerprint density at radius 1 is 1.67 bits per heavy atom. The molecule has 2 fully saturated rings. The minimum atomic E-state index is -0.636. The van der Waals surface area contributed by atoms with E-state index in [0.717, 1.165) is 6.54 Å². The van der Waals surface area contributed by atoms with Crippen LogP contribution >= 0.6 is 0 Å². The van der Waals surface area contributed by atoms with Gasteiger partial charge in [-0.25, -0.2) is 0 Å². The first-order valence-electron chi connectivity index (χ1n) is 4.62. The van der Waals surface area contributed by atoms with E-state index in [1.165, 1.54) is 12.8 Å². The van der Waals surface area contributed by atoms with Crippen LogP contribution in [0.5, 0.6) is 0 Å². The van der Waals surface area contributed by atoms with Gasteiger partial charge in [-0.3, -0.25) is 4.79 Å². The fourth-order valence-corrected chi connectivity index (χ4v) is 2.66. The Morgan fingerprint density at radius 3 is 3.00 bits per heavy atom. The van der Waals surface area contributed by atoms with Crippen molar-refractivity contribution in [2.24, 2.45) is 11.8 Å². The molecule has 1 aliphatic heterocycles. The number of likely N-dealkylation sites (tertiary alicyclic amines) is 1. The number of aliphatic carboxylic acids is 1. The summed E-state index contributed by atoms with van der Waals surface area (Å²) in [6.45, 7) is 1.15. The Kier molecular flexibility index (Phi) is 1.83. The smallest absolute Gasteiger partial charge is 0.303 e. The third-order valence-corrected chi connectivity index (χ3v) is 3.25. The van der Waals surface area contributed by atoms with Crippen molar-refractivity contribution in [1.29, 1.82) is 0 Å². The van der Waals surface area contributed by atoms with E-state index in [9.17, 15) is 4.79 Å². The molecule has 2 aliphatic rings. The van der Waals surface area contributed by atoms with Crippen molar-refractivity contribution >= 4 is 5.97 Å². The van der Waals surface area contributed by atoms with Crippen LogP contribution in [0, 0.1) is 11.8 Å². The Morgan fingerprint density at radius 2 is 2.42 bits per heavy atom. The molecule has 0 radical (unpaired) electrons. The predicted molar refractivity (Wildman–Crippen MR) is 44.9 cm³/mol. The van der Waals surface area contributed by atoms with Crippen LogP contribution in [0.15, 0.2) is 0 Å². The highest BCUT2D eigenvalue weighted by Crippen LogP contribution is 2.50. The van der Waals surface area contributed by atoms with Crippen molar-refractivity contribution in [1.82, 2.24) is 4.90 Å². The van der Waals surface area contributed by atoms with Gasteiger partial charge in [0.25, 0.3) is 0 Å². The zero-order chi connectivity index (χ0) is 8.72. The molecule has 3 atom stereocenters. The van der Waals surface area contributed by atoms with Gasteiger partial charge in [0.1, 0.15) is 0 Å². The zero-order valence-electron chi connectivity index (χ0n) is 7.36. The van der Waals surface area contributed by atoms with Crippen LogP contribution in [0.3, 0.4) is 0 Å². The molecule has 68 valence electrons. The van der Waals surface area contributed by atoms with Crippen LogP contribution in [-0.4, -0.2) is 35.6 Å². The van der Waals surface area contributed by atoms with Gasteiger partial charge in [0, 0.05) is 12.5 Å². The van der Waals surface area contributed by atoms with Gasteiger partial charge in [0.05, 0.1) is 0 Å². The van der Waals surface area contributed by atoms with Crippen molar-refractivity contribution in [2.75, 3.05) is 13.6 Å². The predicted octanol–water partition coefficient (Wildman–Crippen LogP) is 0.801. The maximum absolute atomic E-state index is 10.5. The highest BCUT2D eigenvalue weighted by molar-refractivity contribution is 5.67. The Balaban J connectivity index is 1.92. The van der Waals surface area contributed by atoms with Gasteiger partial charge in [0.2, 0.25) is 0 Å². The monoisotopic (exact) mass is 169 g/mol. The van der Waals surface area contributed by atoms with Crippen molar-refractivity contribution in [3.8, 4) is 0 Å². The number of hydrogen-bond acceptors (Lipinski definition) is 2. The minimum absolute atomic E-state index is 0.375. The summed E-state index contributed by atoms with van der Waals surface area (Å²) in [6.07, 6.45) is 2.86. The number of hydrogen-bond donors (Lipinski definition) is 1. The molecule has 0 aromatic rings. The average Bonchev–Trinajstić information content (AvgIpc) is 2.64. The molecule has 0 amide bonds. The molecule has 2 rings (SSSR count). The highest BCUT2D eigenvalue weighted by Gasteiger charge is 2.53. The summed E-state index contributed by atoms with van der Waals surface area (Å²) in [5.74, 6) is 0.512. The van der Waals surface area contributed by atoms with E-state index in [2.05, 4.69) is 11.9 Å². The molecule has 0 aromatic heterocycles. The van der Waals surface area contributed by atoms with Crippen LogP contribution in [0.2, 0.25) is 0 Å². The van der Waals surface area contributed by atoms with Crippen LogP contribution in [0.1, 0.15) is 19.3 Å². The maximum Gasteiger partial charge on any atom is 0.303 e. The van der Waals surface area contributed by atoms with Gasteiger partial charge >= 0.3 is 5.97 Å². The molecular formula is C9H15NO2. The molecule has 1 saturated carbocycles. The number of carboxylic acid groups (broad SMARTS) is 1. The van der Waals surface area contributed by atoms with Crippen molar-refractivity contribution < 1.29 is 9.90 Å². The van der Waals surface area contributed by atoms with E-state index < -0.39 is 5.97 Å². The van der Waals surface area contributed by atoms with Gasteiger partial charge in [-0.15, -0.1) is 0 Å². The van der Waals surface area contributed by atoms with E-state index in [1.54, 1.807) is 0 Å². The second-order valence-electron chi connectivity index (χ2n) is 4.04. The average molecular weight is 169 g/mol. The topological polar surface area (TPSA) is 40.5 Å². The lowest BCUT2D eigenvalue weighted by Crippen LogP contribution is -2.27. The lowest BCUT2D eigenvalue weighted by molar-refractivity contribution is -0.137. The molecule has 1 heterocycles. The second kappa shape index (κ2) is 2.73. The molecule has 3 nitrogen and oxygen atoms in total. The van der Waals surface area contributed by atoms with Gasteiger partial charge in [0.15, 0.2) is 0 Å². The first kappa shape index (κ1) is 8.05. The molecule has 1 N–H and O–H groups in total. The number of nitrogens with zero attached hydrogens (tertiary/aromatic N) is 1. The molecule has 1 unspecified atom stereocenters. The van der Waals surface area contributed by atoms with Crippen molar-refractivity contribution in [3.63, 3.8) is 0 Å². The summed E-state index contributed by atoms with van der Waals surface area (Å²) in [6, 6.07) is 0.592. The van der Waals surface area contributed by atoms with E-state index in [4.69, 9.17) is 5.11 Å². The summed E-state index contributed by atoms with van der Waals surface area (Å²) in [5.41, 5.74) is 0. The van der Waals surface area contributed by atoms with E-state index in [-0.39, 0.29) is 0 Å². The lowest BCUT2D eigenvalue weighted by Gasteiger charge is -2.20. The van der Waals surface area contributed by atoms with E-state index in [0.29, 0.717) is 24.3 Å². The third kappa shape index (κ3) is 1.22. The van der Waals surface area contributed by atoms with Crippen LogP contribution in [-0.2, 0) is 4.79 Å². The molecular weight excluding hydrogens is 154 g/mol. The second-order valence-corrected chi connectivity index (χ2v) is 4.04. The molecule has 1 saturated heterocycles. The molecule has 0 bridgehead atoms. The third-order valence-electron chi connectivity index (χ3n) is 3.25. The van der Waals surface area contributed by atoms with Crippen molar-refractivity contribution in [3.05, 3.63) is 0 Å². The molecule has 0 aromatic carbocycles. The first-order valence-corrected chi connectivity index (χ1v) is 4.62. The summed E-state index contributed by atoms with van der Waals surface area (Å²) in [7, 11) is 2.11. The van der Waals surface area contributed by atoms with Gasteiger partial charge in [-0.2, -0.15) is 0 Å². The van der Waals surface area contributed by atoms with Crippen LogP contribution < -0.4 is 0 Å². The molecule has 3 heteroatoms. The minimum Gasteiger partial charge on any atom is -0.481 e. The van der Waals surface area contributed by atoms with Gasteiger partial charge < -0.3 is 10.0 Å². The number of piperidine rings is 1. The number of carboxylic acids is 1. The Labute approximate surface area is 72.4 Å². The summed E-state index contributed by atoms with van der Waals surface area (Å²) < 4.78 is 0. The molecule has 0 spiro atoms.